The van der Waals surface area contributed by atoms with Gasteiger partial charge in [0.1, 0.15) is 5.82 Å². The number of rotatable bonds is 5. The Bertz CT molecular complexity index is 744. The largest absolute Gasteiger partial charge is 0.382 e. The van der Waals surface area contributed by atoms with Gasteiger partial charge in [-0.2, -0.15) is 4.98 Å². The number of aromatic nitrogens is 2. The summed E-state index contributed by atoms with van der Waals surface area (Å²) >= 11 is 0. The van der Waals surface area contributed by atoms with Gasteiger partial charge < -0.3 is 14.7 Å². The van der Waals surface area contributed by atoms with E-state index in [2.05, 4.69) is 20.6 Å². The van der Waals surface area contributed by atoms with E-state index in [-0.39, 0.29) is 11.7 Å². The van der Waals surface area contributed by atoms with Gasteiger partial charge in [0.2, 0.25) is 12.0 Å². The molecule has 1 N–H and O–H groups in total. The van der Waals surface area contributed by atoms with Crippen molar-refractivity contribution in [3.63, 3.8) is 0 Å². The van der Waals surface area contributed by atoms with E-state index in [9.17, 15) is 9.18 Å². The third kappa shape index (κ3) is 3.71. The molecule has 0 fully saturated rings. The normalized spacial score (nSPS) is 16.8. The van der Waals surface area contributed by atoms with Crippen molar-refractivity contribution in [1.29, 1.82) is 0 Å². The van der Waals surface area contributed by atoms with Gasteiger partial charge in [0.25, 0.3) is 5.91 Å². The van der Waals surface area contributed by atoms with Gasteiger partial charge in [-0.1, -0.05) is 22.4 Å². The smallest absolute Gasteiger partial charge is 0.264 e. The summed E-state index contributed by atoms with van der Waals surface area (Å²) in [4.78, 5) is 21.2. The molecular formula is C15H15FN4O3. The molecule has 120 valence electrons. The van der Waals surface area contributed by atoms with Gasteiger partial charge in [-0.15, -0.1) is 0 Å². The SMILES string of the molecule is Cc1noc(CCNC(=O)[C@H]2CC(c3cccc(F)c3)=NO2)n1. The topological polar surface area (TPSA) is 89.6 Å². The van der Waals surface area contributed by atoms with E-state index in [0.717, 1.165) is 0 Å². The third-order valence-electron chi connectivity index (χ3n) is 3.33. The van der Waals surface area contributed by atoms with Gasteiger partial charge in [-0.25, -0.2) is 4.39 Å². The molecule has 8 heteroatoms. The van der Waals surface area contributed by atoms with Gasteiger partial charge in [-0.3, -0.25) is 4.79 Å². The fourth-order valence-corrected chi connectivity index (χ4v) is 2.20. The number of benzene rings is 1. The molecule has 0 aliphatic carbocycles. The first kappa shape index (κ1) is 15.1. The molecule has 1 amide bonds. The number of amides is 1. The summed E-state index contributed by atoms with van der Waals surface area (Å²) in [6.07, 6.45) is 0.0315. The Morgan fingerprint density at radius 3 is 3.09 bits per heavy atom. The molecule has 1 aliphatic heterocycles. The molecule has 0 saturated heterocycles. The van der Waals surface area contributed by atoms with Crippen LogP contribution in [-0.2, 0) is 16.1 Å². The number of nitrogens with zero attached hydrogens (tertiary/aromatic N) is 3. The van der Waals surface area contributed by atoms with Crippen LogP contribution in [0.15, 0.2) is 33.9 Å². The Morgan fingerprint density at radius 1 is 1.48 bits per heavy atom. The number of hydrogen-bond acceptors (Lipinski definition) is 6. The van der Waals surface area contributed by atoms with Crippen LogP contribution in [0.3, 0.4) is 0 Å². The highest BCUT2D eigenvalue weighted by molar-refractivity contribution is 6.04. The first-order valence-corrected chi connectivity index (χ1v) is 7.17. The van der Waals surface area contributed by atoms with E-state index < -0.39 is 6.10 Å². The number of aryl methyl sites for hydroxylation is 1. The van der Waals surface area contributed by atoms with Gasteiger partial charge in [-0.05, 0) is 19.1 Å². The fraction of sp³-hybridized carbons (Fsp3) is 0.333. The van der Waals surface area contributed by atoms with Gasteiger partial charge in [0, 0.05) is 24.9 Å². The predicted octanol–water partition coefficient (Wildman–Crippen LogP) is 1.37. The lowest BCUT2D eigenvalue weighted by Crippen LogP contribution is -2.36. The van der Waals surface area contributed by atoms with E-state index in [1.807, 2.05) is 0 Å². The van der Waals surface area contributed by atoms with Crippen molar-refractivity contribution in [2.24, 2.45) is 5.16 Å². The first-order chi connectivity index (χ1) is 11.1. The molecule has 0 bridgehead atoms. The predicted molar refractivity (Wildman–Crippen MR) is 78.2 cm³/mol. The minimum absolute atomic E-state index is 0.281. The van der Waals surface area contributed by atoms with Crippen molar-refractivity contribution in [2.45, 2.75) is 25.9 Å². The highest BCUT2D eigenvalue weighted by Crippen LogP contribution is 2.17. The molecule has 1 aliphatic rings. The van der Waals surface area contributed by atoms with Crippen LogP contribution in [0.2, 0.25) is 0 Å². The van der Waals surface area contributed by atoms with Gasteiger partial charge in [0.15, 0.2) is 5.82 Å². The molecule has 7 nitrogen and oxygen atoms in total. The van der Waals surface area contributed by atoms with Crippen LogP contribution in [0.5, 0.6) is 0 Å². The zero-order valence-corrected chi connectivity index (χ0v) is 12.5. The van der Waals surface area contributed by atoms with E-state index >= 15 is 0 Å². The number of carbonyl (C=O) groups is 1. The standard InChI is InChI=1S/C15H15FN4O3/c1-9-18-14(23-19-9)5-6-17-15(21)13-8-12(20-22-13)10-3-2-4-11(16)7-10/h2-4,7,13H,5-6,8H2,1H3,(H,17,21)/t13-/m1/s1. The van der Waals surface area contributed by atoms with Crippen LogP contribution >= 0.6 is 0 Å². The van der Waals surface area contributed by atoms with E-state index in [1.165, 1.54) is 12.1 Å². The number of carbonyl (C=O) groups excluding carboxylic acids is 1. The Hall–Kier alpha value is -2.77. The molecule has 1 aromatic carbocycles. The number of hydrogen-bond donors (Lipinski definition) is 1. The van der Waals surface area contributed by atoms with Crippen LogP contribution in [-0.4, -0.2) is 34.4 Å². The summed E-state index contributed by atoms with van der Waals surface area (Å²) in [6.45, 7) is 2.08. The molecule has 0 saturated carbocycles. The lowest BCUT2D eigenvalue weighted by Gasteiger charge is -2.08. The lowest BCUT2D eigenvalue weighted by atomic mass is 10.0. The van der Waals surface area contributed by atoms with Crippen LogP contribution in [0.4, 0.5) is 4.39 Å². The quantitative estimate of drug-likeness (QED) is 0.899. The summed E-state index contributed by atoms with van der Waals surface area (Å²) in [7, 11) is 0. The maximum atomic E-state index is 13.2. The summed E-state index contributed by atoms with van der Waals surface area (Å²) in [6, 6.07) is 6.03. The van der Waals surface area contributed by atoms with Gasteiger partial charge >= 0.3 is 0 Å². The fourth-order valence-electron chi connectivity index (χ4n) is 2.20. The molecule has 0 spiro atoms. The van der Waals surface area contributed by atoms with Crippen LogP contribution in [0, 0.1) is 12.7 Å². The molecule has 0 unspecified atom stereocenters. The second-order valence-corrected chi connectivity index (χ2v) is 5.12. The van der Waals surface area contributed by atoms with E-state index in [0.29, 0.717) is 42.4 Å². The van der Waals surface area contributed by atoms with Crippen LogP contribution < -0.4 is 5.32 Å². The van der Waals surface area contributed by atoms with Crippen molar-refractivity contribution in [3.05, 3.63) is 47.4 Å². The second kappa shape index (κ2) is 6.55. The van der Waals surface area contributed by atoms with Crippen molar-refractivity contribution in [1.82, 2.24) is 15.5 Å². The molecule has 2 heterocycles. The van der Waals surface area contributed by atoms with Crippen LogP contribution in [0.1, 0.15) is 23.7 Å². The average molecular weight is 318 g/mol. The second-order valence-electron chi connectivity index (χ2n) is 5.12. The Kier molecular flexibility index (Phi) is 4.31. The van der Waals surface area contributed by atoms with E-state index in [4.69, 9.17) is 9.36 Å². The van der Waals surface area contributed by atoms with Gasteiger partial charge in [0.05, 0.1) is 5.71 Å². The number of oxime groups is 1. The molecule has 3 rings (SSSR count). The molecule has 23 heavy (non-hydrogen) atoms. The van der Waals surface area contributed by atoms with Crippen molar-refractivity contribution in [3.8, 4) is 0 Å². The minimum atomic E-state index is -0.710. The number of nitrogens with one attached hydrogen (secondary N) is 1. The summed E-state index contributed by atoms with van der Waals surface area (Å²) in [5.74, 6) is 0.384. The molecule has 0 radical (unpaired) electrons. The third-order valence-corrected chi connectivity index (χ3v) is 3.33. The molecule has 2 aromatic rings. The highest BCUT2D eigenvalue weighted by atomic mass is 19.1. The van der Waals surface area contributed by atoms with Crippen LogP contribution in [0.25, 0.3) is 0 Å². The Balaban J connectivity index is 1.48. The molecular weight excluding hydrogens is 303 g/mol. The van der Waals surface area contributed by atoms with E-state index in [1.54, 1.807) is 19.1 Å². The zero-order chi connectivity index (χ0) is 16.2. The maximum Gasteiger partial charge on any atom is 0.264 e. The number of halogens is 1. The molecule has 1 atom stereocenters. The summed E-state index contributed by atoms with van der Waals surface area (Å²) in [5.41, 5.74) is 1.17. The molecule has 1 aromatic heterocycles. The monoisotopic (exact) mass is 318 g/mol. The minimum Gasteiger partial charge on any atom is -0.382 e. The van der Waals surface area contributed by atoms with Crippen molar-refractivity contribution >= 4 is 11.6 Å². The maximum absolute atomic E-state index is 13.2. The van der Waals surface area contributed by atoms with Crippen molar-refractivity contribution in [2.75, 3.05) is 6.54 Å². The Morgan fingerprint density at radius 2 is 2.35 bits per heavy atom. The lowest BCUT2D eigenvalue weighted by molar-refractivity contribution is -0.131. The first-order valence-electron chi connectivity index (χ1n) is 7.17. The summed E-state index contributed by atoms with van der Waals surface area (Å²) in [5, 5.41) is 10.3. The highest BCUT2D eigenvalue weighted by Gasteiger charge is 2.28. The van der Waals surface area contributed by atoms with Crippen molar-refractivity contribution < 1.29 is 18.5 Å². The Labute approximate surface area is 131 Å². The zero-order valence-electron chi connectivity index (χ0n) is 12.5. The summed E-state index contributed by atoms with van der Waals surface area (Å²) < 4.78 is 18.2. The average Bonchev–Trinajstić information content (AvgIpc) is 3.16.